The van der Waals surface area contributed by atoms with Crippen molar-refractivity contribution in [1.29, 1.82) is 0 Å². The molecule has 0 unspecified atom stereocenters. The highest BCUT2D eigenvalue weighted by Crippen LogP contribution is 2.31. The van der Waals surface area contributed by atoms with Crippen LogP contribution in [0.5, 0.6) is 0 Å². The summed E-state index contributed by atoms with van der Waals surface area (Å²) in [4.78, 5) is 10.5. The van der Waals surface area contributed by atoms with Gasteiger partial charge < -0.3 is 11.5 Å². The van der Waals surface area contributed by atoms with Crippen LogP contribution in [-0.2, 0) is 0 Å². The predicted molar refractivity (Wildman–Crippen MR) is 72.1 cm³/mol. The van der Waals surface area contributed by atoms with Crippen LogP contribution in [0.2, 0.25) is 0 Å². The van der Waals surface area contributed by atoms with Gasteiger partial charge in [0.2, 0.25) is 0 Å². The molecule has 0 bridgehead atoms. The minimum Gasteiger partial charge on any atom is -0.399 e. The lowest BCUT2D eigenvalue weighted by molar-refractivity contribution is -0.385. The van der Waals surface area contributed by atoms with E-state index >= 15 is 0 Å². The summed E-state index contributed by atoms with van der Waals surface area (Å²) < 4.78 is 0. The molecule has 0 heterocycles. The van der Waals surface area contributed by atoms with Gasteiger partial charge in [0.1, 0.15) is 0 Å². The molecule has 5 heteroatoms. The second-order valence-corrected chi connectivity index (χ2v) is 4.11. The summed E-state index contributed by atoms with van der Waals surface area (Å²) in [6.45, 7) is 1.70. The standard InChI is InChI=1S/C13H13N3O2/c1-8-2-3-9(6-13(8)16(17)18)11-7-10(14)4-5-12(11)15/h2-7H,14-15H2,1H3. The average Bonchev–Trinajstić information content (AvgIpc) is 2.33. The molecule has 0 saturated carbocycles. The number of nitrogen functional groups attached to an aromatic ring is 2. The van der Waals surface area contributed by atoms with Gasteiger partial charge in [-0.15, -0.1) is 0 Å². The number of benzene rings is 2. The lowest BCUT2D eigenvalue weighted by atomic mass is 10.0. The highest BCUT2D eigenvalue weighted by molar-refractivity contribution is 5.80. The Labute approximate surface area is 104 Å². The van der Waals surface area contributed by atoms with E-state index < -0.39 is 4.92 Å². The number of aryl methyl sites for hydroxylation is 1. The molecule has 0 aromatic heterocycles. The first kappa shape index (κ1) is 11.9. The Balaban J connectivity index is 2.61. The molecule has 2 aromatic carbocycles. The van der Waals surface area contributed by atoms with E-state index in [-0.39, 0.29) is 5.69 Å². The smallest absolute Gasteiger partial charge is 0.272 e. The molecule has 0 aliphatic heterocycles. The number of anilines is 2. The molecule has 18 heavy (non-hydrogen) atoms. The molecule has 0 atom stereocenters. The van der Waals surface area contributed by atoms with Crippen LogP contribution in [-0.4, -0.2) is 4.92 Å². The first-order chi connectivity index (χ1) is 8.49. The van der Waals surface area contributed by atoms with Crippen molar-refractivity contribution in [3.8, 4) is 11.1 Å². The molecule has 92 valence electrons. The number of hydrogen-bond donors (Lipinski definition) is 2. The Hall–Kier alpha value is -2.56. The number of hydrogen-bond acceptors (Lipinski definition) is 4. The van der Waals surface area contributed by atoms with Crippen LogP contribution in [0.3, 0.4) is 0 Å². The Morgan fingerprint density at radius 2 is 1.83 bits per heavy atom. The third-order valence-electron chi connectivity index (χ3n) is 2.79. The molecular formula is C13H13N3O2. The fraction of sp³-hybridized carbons (Fsp3) is 0.0769. The lowest BCUT2D eigenvalue weighted by Gasteiger charge is -2.07. The van der Waals surface area contributed by atoms with Crippen LogP contribution in [0.15, 0.2) is 36.4 Å². The Kier molecular flexibility index (Phi) is 2.89. The summed E-state index contributed by atoms with van der Waals surface area (Å²) in [6, 6.07) is 10.1. The van der Waals surface area contributed by atoms with Crippen molar-refractivity contribution in [2.45, 2.75) is 6.92 Å². The minimum atomic E-state index is -0.401. The predicted octanol–water partition coefficient (Wildman–Crippen LogP) is 2.73. The van der Waals surface area contributed by atoms with E-state index in [1.54, 1.807) is 37.3 Å². The fourth-order valence-corrected chi connectivity index (χ4v) is 1.80. The second-order valence-electron chi connectivity index (χ2n) is 4.11. The van der Waals surface area contributed by atoms with E-state index in [0.29, 0.717) is 28.1 Å². The highest BCUT2D eigenvalue weighted by atomic mass is 16.6. The van der Waals surface area contributed by atoms with Gasteiger partial charge >= 0.3 is 0 Å². The molecule has 0 aliphatic carbocycles. The Morgan fingerprint density at radius 1 is 1.11 bits per heavy atom. The molecule has 2 aromatic rings. The van der Waals surface area contributed by atoms with E-state index in [1.807, 2.05) is 0 Å². The van der Waals surface area contributed by atoms with Crippen molar-refractivity contribution >= 4 is 17.1 Å². The van der Waals surface area contributed by atoms with Gasteiger partial charge in [0.15, 0.2) is 0 Å². The molecule has 5 nitrogen and oxygen atoms in total. The minimum absolute atomic E-state index is 0.0781. The molecule has 0 amide bonds. The first-order valence-corrected chi connectivity index (χ1v) is 5.39. The fourth-order valence-electron chi connectivity index (χ4n) is 1.80. The lowest BCUT2D eigenvalue weighted by Crippen LogP contribution is -1.95. The SMILES string of the molecule is Cc1ccc(-c2cc(N)ccc2N)cc1[N+](=O)[O-]. The Bertz CT molecular complexity index is 624. The van der Waals surface area contributed by atoms with Crippen molar-refractivity contribution in [2.24, 2.45) is 0 Å². The summed E-state index contributed by atoms with van der Waals surface area (Å²) in [5, 5.41) is 10.9. The molecule has 0 aliphatic rings. The Morgan fingerprint density at radius 3 is 2.50 bits per heavy atom. The zero-order chi connectivity index (χ0) is 13.3. The number of nitro groups is 1. The maximum Gasteiger partial charge on any atom is 0.272 e. The van der Waals surface area contributed by atoms with Crippen LogP contribution in [0.1, 0.15) is 5.56 Å². The molecule has 2 rings (SSSR count). The topological polar surface area (TPSA) is 95.2 Å². The number of nitro benzene ring substituents is 1. The van der Waals surface area contributed by atoms with Gasteiger partial charge in [-0.2, -0.15) is 0 Å². The number of rotatable bonds is 2. The van der Waals surface area contributed by atoms with Gasteiger partial charge in [-0.25, -0.2) is 0 Å². The van der Waals surface area contributed by atoms with Crippen LogP contribution in [0.25, 0.3) is 11.1 Å². The van der Waals surface area contributed by atoms with Gasteiger partial charge in [0.25, 0.3) is 5.69 Å². The zero-order valence-electron chi connectivity index (χ0n) is 9.88. The van der Waals surface area contributed by atoms with E-state index in [9.17, 15) is 10.1 Å². The van der Waals surface area contributed by atoms with E-state index in [0.717, 1.165) is 0 Å². The van der Waals surface area contributed by atoms with E-state index in [2.05, 4.69) is 0 Å². The number of nitrogens with zero attached hydrogens (tertiary/aromatic N) is 1. The van der Waals surface area contributed by atoms with E-state index in [4.69, 9.17) is 11.5 Å². The van der Waals surface area contributed by atoms with Gasteiger partial charge in [0.05, 0.1) is 4.92 Å². The highest BCUT2D eigenvalue weighted by Gasteiger charge is 2.13. The third-order valence-corrected chi connectivity index (χ3v) is 2.79. The molecule has 0 spiro atoms. The summed E-state index contributed by atoms with van der Waals surface area (Å²) >= 11 is 0. The van der Waals surface area contributed by atoms with Crippen molar-refractivity contribution in [3.05, 3.63) is 52.1 Å². The number of nitrogens with two attached hydrogens (primary N) is 2. The van der Waals surface area contributed by atoms with Crippen molar-refractivity contribution in [2.75, 3.05) is 11.5 Å². The molecule has 4 N–H and O–H groups in total. The second kappa shape index (κ2) is 4.37. The third kappa shape index (κ3) is 2.10. The van der Waals surface area contributed by atoms with Gasteiger partial charge in [-0.05, 0) is 30.7 Å². The summed E-state index contributed by atoms with van der Waals surface area (Å²) in [5.74, 6) is 0. The first-order valence-electron chi connectivity index (χ1n) is 5.39. The van der Waals surface area contributed by atoms with Gasteiger partial charge in [0, 0.05) is 28.6 Å². The molecule has 0 fully saturated rings. The average molecular weight is 243 g/mol. The normalized spacial score (nSPS) is 10.3. The molecular weight excluding hydrogens is 230 g/mol. The zero-order valence-corrected chi connectivity index (χ0v) is 9.88. The van der Waals surface area contributed by atoms with Crippen molar-refractivity contribution < 1.29 is 4.92 Å². The largest absolute Gasteiger partial charge is 0.399 e. The van der Waals surface area contributed by atoms with Crippen LogP contribution in [0, 0.1) is 17.0 Å². The molecule has 0 radical (unpaired) electrons. The van der Waals surface area contributed by atoms with Crippen LogP contribution >= 0.6 is 0 Å². The van der Waals surface area contributed by atoms with E-state index in [1.165, 1.54) is 6.07 Å². The quantitative estimate of drug-likeness (QED) is 0.481. The molecule has 0 saturated heterocycles. The van der Waals surface area contributed by atoms with Gasteiger partial charge in [-0.1, -0.05) is 12.1 Å². The maximum absolute atomic E-state index is 10.9. The van der Waals surface area contributed by atoms with Crippen molar-refractivity contribution in [1.82, 2.24) is 0 Å². The summed E-state index contributed by atoms with van der Waals surface area (Å²) in [6.07, 6.45) is 0. The maximum atomic E-state index is 10.9. The monoisotopic (exact) mass is 243 g/mol. The summed E-state index contributed by atoms with van der Waals surface area (Å²) in [7, 11) is 0. The van der Waals surface area contributed by atoms with Crippen LogP contribution < -0.4 is 11.5 Å². The van der Waals surface area contributed by atoms with Crippen LogP contribution in [0.4, 0.5) is 17.1 Å². The van der Waals surface area contributed by atoms with Crippen molar-refractivity contribution in [3.63, 3.8) is 0 Å². The van der Waals surface area contributed by atoms with Gasteiger partial charge in [-0.3, -0.25) is 10.1 Å². The summed E-state index contributed by atoms with van der Waals surface area (Å²) in [5.41, 5.74) is 14.8.